The summed E-state index contributed by atoms with van der Waals surface area (Å²) in [5.41, 5.74) is 0. The van der Waals surface area contributed by atoms with Gasteiger partial charge in [0.2, 0.25) is 0 Å². The number of hydrogen-bond donors (Lipinski definition) is 0. The van der Waals surface area contributed by atoms with E-state index in [4.69, 9.17) is 4.74 Å². The highest BCUT2D eigenvalue weighted by atomic mass is 79.9. The molecule has 2 heterocycles. The molecule has 0 unspecified atom stereocenters. The summed E-state index contributed by atoms with van der Waals surface area (Å²) in [4.78, 5) is 10.6. The molecule has 1 aliphatic heterocycles. The minimum atomic E-state index is 0.772. The number of anilines is 1. The van der Waals surface area contributed by atoms with Gasteiger partial charge >= 0.3 is 0 Å². The molecular formula is C8H10BrN3O. The molecule has 0 amide bonds. The second kappa shape index (κ2) is 4.02. The van der Waals surface area contributed by atoms with Crippen LogP contribution in [-0.4, -0.2) is 36.3 Å². The molecule has 70 valence electrons. The Morgan fingerprint density at radius 1 is 1.31 bits per heavy atom. The normalized spacial score (nSPS) is 17.5. The maximum Gasteiger partial charge on any atom is 0.148 e. The minimum Gasteiger partial charge on any atom is -0.378 e. The Morgan fingerprint density at radius 2 is 2.08 bits per heavy atom. The number of rotatable bonds is 1. The molecule has 1 fully saturated rings. The number of aromatic nitrogens is 2. The Bertz CT molecular complexity index is 288. The molecule has 0 N–H and O–H groups in total. The van der Waals surface area contributed by atoms with Crippen molar-refractivity contribution in [2.75, 3.05) is 31.2 Å². The van der Waals surface area contributed by atoms with Gasteiger partial charge in [-0.1, -0.05) is 0 Å². The van der Waals surface area contributed by atoms with Crippen LogP contribution in [0.5, 0.6) is 0 Å². The van der Waals surface area contributed by atoms with Gasteiger partial charge in [0.25, 0.3) is 0 Å². The predicted molar refractivity (Wildman–Crippen MR) is 52.8 cm³/mol. The summed E-state index contributed by atoms with van der Waals surface area (Å²) >= 11 is 3.30. The van der Waals surface area contributed by atoms with Gasteiger partial charge in [0.1, 0.15) is 10.4 Å². The van der Waals surface area contributed by atoms with Crippen LogP contribution in [0.4, 0.5) is 5.82 Å². The van der Waals surface area contributed by atoms with Crippen LogP contribution in [0.15, 0.2) is 17.0 Å². The third kappa shape index (κ3) is 2.16. The van der Waals surface area contributed by atoms with Crippen molar-refractivity contribution in [1.82, 2.24) is 9.97 Å². The van der Waals surface area contributed by atoms with Crippen LogP contribution in [0.1, 0.15) is 0 Å². The van der Waals surface area contributed by atoms with E-state index < -0.39 is 0 Å². The summed E-state index contributed by atoms with van der Waals surface area (Å²) in [6.45, 7) is 3.33. The molecule has 1 aliphatic rings. The van der Waals surface area contributed by atoms with Crippen LogP contribution in [-0.2, 0) is 4.74 Å². The minimum absolute atomic E-state index is 0.772. The number of nitrogens with zero attached hydrogens (tertiary/aromatic N) is 3. The average molecular weight is 244 g/mol. The zero-order chi connectivity index (χ0) is 9.10. The Kier molecular flexibility index (Phi) is 2.75. The van der Waals surface area contributed by atoms with Gasteiger partial charge in [-0.2, -0.15) is 0 Å². The maximum atomic E-state index is 5.25. The van der Waals surface area contributed by atoms with Crippen molar-refractivity contribution < 1.29 is 4.74 Å². The van der Waals surface area contributed by atoms with E-state index in [1.165, 1.54) is 0 Å². The molecule has 2 rings (SSSR count). The van der Waals surface area contributed by atoms with Gasteiger partial charge in [-0.25, -0.2) is 4.98 Å². The van der Waals surface area contributed by atoms with Gasteiger partial charge in [-0.05, 0) is 15.9 Å². The summed E-state index contributed by atoms with van der Waals surface area (Å²) in [5.74, 6) is 0.915. The van der Waals surface area contributed by atoms with Gasteiger partial charge in [0.05, 0.1) is 25.6 Å². The number of ether oxygens (including phenoxy) is 1. The standard InChI is InChI=1S/C8H10BrN3O/c9-7-5-10-6-8(11-7)12-1-3-13-4-2-12/h5-6H,1-4H2. The van der Waals surface area contributed by atoms with E-state index in [0.29, 0.717) is 0 Å². The molecule has 0 aliphatic carbocycles. The third-order valence-electron chi connectivity index (χ3n) is 1.93. The SMILES string of the molecule is Brc1cncc(N2CCOCC2)n1. The topological polar surface area (TPSA) is 38.2 Å². The van der Waals surface area contributed by atoms with Crippen molar-refractivity contribution in [2.24, 2.45) is 0 Å². The Morgan fingerprint density at radius 3 is 2.77 bits per heavy atom. The molecule has 0 atom stereocenters. The maximum absolute atomic E-state index is 5.25. The molecule has 1 saturated heterocycles. The van der Waals surface area contributed by atoms with Crippen molar-refractivity contribution >= 4 is 21.7 Å². The summed E-state index contributed by atoms with van der Waals surface area (Å²) < 4.78 is 6.02. The Balaban J connectivity index is 2.14. The first-order chi connectivity index (χ1) is 6.36. The predicted octanol–water partition coefficient (Wildman–Crippen LogP) is 1.08. The van der Waals surface area contributed by atoms with E-state index in [1.807, 2.05) is 0 Å². The summed E-state index contributed by atoms with van der Waals surface area (Å²) in [6, 6.07) is 0. The molecule has 13 heavy (non-hydrogen) atoms. The lowest BCUT2D eigenvalue weighted by molar-refractivity contribution is 0.122. The molecular weight excluding hydrogens is 234 g/mol. The molecule has 0 bridgehead atoms. The molecule has 0 radical (unpaired) electrons. The van der Waals surface area contributed by atoms with Crippen LogP contribution in [0.25, 0.3) is 0 Å². The second-order valence-corrected chi connectivity index (χ2v) is 3.61. The van der Waals surface area contributed by atoms with Crippen LogP contribution in [0.2, 0.25) is 0 Å². The lowest BCUT2D eigenvalue weighted by Crippen LogP contribution is -2.36. The van der Waals surface area contributed by atoms with E-state index >= 15 is 0 Å². The smallest absolute Gasteiger partial charge is 0.148 e. The van der Waals surface area contributed by atoms with Crippen molar-refractivity contribution in [3.8, 4) is 0 Å². The summed E-state index contributed by atoms with van der Waals surface area (Å²) in [7, 11) is 0. The zero-order valence-electron chi connectivity index (χ0n) is 7.11. The summed E-state index contributed by atoms with van der Waals surface area (Å²) in [6.07, 6.45) is 3.46. The molecule has 1 aromatic rings. The van der Waals surface area contributed by atoms with E-state index in [1.54, 1.807) is 12.4 Å². The van der Waals surface area contributed by atoms with Gasteiger partial charge in [-0.15, -0.1) is 0 Å². The van der Waals surface area contributed by atoms with Crippen molar-refractivity contribution in [2.45, 2.75) is 0 Å². The Hall–Kier alpha value is -0.680. The average Bonchev–Trinajstić information content (AvgIpc) is 2.19. The molecule has 1 aromatic heterocycles. The number of morpholine rings is 1. The first-order valence-corrected chi connectivity index (χ1v) is 4.96. The first-order valence-electron chi connectivity index (χ1n) is 4.16. The third-order valence-corrected chi connectivity index (χ3v) is 2.31. The van der Waals surface area contributed by atoms with Gasteiger partial charge in [-0.3, -0.25) is 4.98 Å². The van der Waals surface area contributed by atoms with Gasteiger partial charge in [0.15, 0.2) is 0 Å². The highest BCUT2D eigenvalue weighted by Crippen LogP contribution is 2.13. The fourth-order valence-electron chi connectivity index (χ4n) is 1.28. The second-order valence-electron chi connectivity index (χ2n) is 2.80. The fourth-order valence-corrected chi connectivity index (χ4v) is 1.58. The number of halogens is 1. The Labute approximate surface area is 85.1 Å². The van der Waals surface area contributed by atoms with Crippen LogP contribution in [0, 0.1) is 0 Å². The van der Waals surface area contributed by atoms with Crippen LogP contribution in [0.3, 0.4) is 0 Å². The largest absolute Gasteiger partial charge is 0.378 e. The van der Waals surface area contributed by atoms with Gasteiger partial charge < -0.3 is 9.64 Å². The van der Waals surface area contributed by atoms with Crippen molar-refractivity contribution in [3.63, 3.8) is 0 Å². The van der Waals surface area contributed by atoms with Crippen molar-refractivity contribution in [3.05, 3.63) is 17.0 Å². The molecule has 0 saturated carbocycles. The molecule has 0 spiro atoms. The lowest BCUT2D eigenvalue weighted by atomic mass is 10.4. The van der Waals surface area contributed by atoms with E-state index in [0.717, 1.165) is 36.7 Å². The fraction of sp³-hybridized carbons (Fsp3) is 0.500. The van der Waals surface area contributed by atoms with E-state index in [-0.39, 0.29) is 0 Å². The van der Waals surface area contributed by atoms with Crippen LogP contribution < -0.4 is 4.90 Å². The van der Waals surface area contributed by atoms with E-state index in [9.17, 15) is 0 Å². The molecule has 0 aromatic carbocycles. The monoisotopic (exact) mass is 243 g/mol. The number of hydrogen-bond acceptors (Lipinski definition) is 4. The zero-order valence-corrected chi connectivity index (χ0v) is 8.70. The molecule has 5 heteroatoms. The first kappa shape index (κ1) is 8.90. The van der Waals surface area contributed by atoms with Crippen LogP contribution >= 0.6 is 15.9 Å². The van der Waals surface area contributed by atoms with Crippen molar-refractivity contribution in [1.29, 1.82) is 0 Å². The highest BCUT2D eigenvalue weighted by molar-refractivity contribution is 9.10. The quantitative estimate of drug-likeness (QED) is 0.740. The van der Waals surface area contributed by atoms with E-state index in [2.05, 4.69) is 30.8 Å². The summed E-state index contributed by atoms with van der Waals surface area (Å²) in [5, 5.41) is 0. The van der Waals surface area contributed by atoms with Gasteiger partial charge in [0, 0.05) is 13.1 Å². The highest BCUT2D eigenvalue weighted by Gasteiger charge is 2.12. The molecule has 4 nitrogen and oxygen atoms in total. The lowest BCUT2D eigenvalue weighted by Gasteiger charge is -2.27.